The van der Waals surface area contributed by atoms with Crippen LogP contribution < -0.4 is 0 Å². The predicted octanol–water partition coefficient (Wildman–Crippen LogP) is 2.76. The van der Waals surface area contributed by atoms with E-state index in [2.05, 4.69) is 45.2 Å². The molecule has 0 aliphatic carbocycles. The third kappa shape index (κ3) is 3.10. The van der Waals surface area contributed by atoms with Crippen LogP contribution in [-0.2, 0) is 11.3 Å². The van der Waals surface area contributed by atoms with E-state index in [1.807, 2.05) is 0 Å². The number of likely N-dealkylation sites (tertiary alicyclic amines) is 1. The quantitative estimate of drug-likeness (QED) is 0.704. The Bertz CT molecular complexity index is 929. The van der Waals surface area contributed by atoms with Crippen molar-refractivity contribution in [2.45, 2.75) is 32.2 Å². The van der Waals surface area contributed by atoms with E-state index >= 15 is 0 Å². The molecular formula is C19H23N5O2. The van der Waals surface area contributed by atoms with E-state index in [1.165, 1.54) is 12.7 Å². The fourth-order valence-electron chi connectivity index (χ4n) is 3.76. The van der Waals surface area contributed by atoms with Gasteiger partial charge in [-0.05, 0) is 37.9 Å². The molecule has 7 nitrogen and oxygen atoms in total. The molecule has 0 radical (unpaired) electrons. The molecular weight excluding hydrogens is 330 g/mol. The average Bonchev–Trinajstić information content (AvgIpc) is 3.29. The molecule has 7 heteroatoms. The molecule has 1 fully saturated rings. The zero-order chi connectivity index (χ0) is 18.1. The predicted molar refractivity (Wildman–Crippen MR) is 98.0 cm³/mol. The van der Waals surface area contributed by atoms with Crippen LogP contribution in [0.25, 0.3) is 11.0 Å². The number of ether oxygens (including phenoxy) is 1. The first-order chi connectivity index (χ1) is 12.7. The maximum Gasteiger partial charge on any atom is 0.356 e. The third-order valence-electron chi connectivity index (χ3n) is 5.13. The third-order valence-corrected chi connectivity index (χ3v) is 5.13. The Kier molecular flexibility index (Phi) is 4.46. The number of nitrogens with one attached hydrogen (secondary N) is 2. The van der Waals surface area contributed by atoms with E-state index in [1.54, 1.807) is 6.20 Å². The molecule has 0 spiro atoms. The summed E-state index contributed by atoms with van der Waals surface area (Å²) < 4.78 is 4.82. The molecule has 0 unspecified atom stereocenters. The minimum atomic E-state index is -0.376. The molecule has 1 atom stereocenters. The van der Waals surface area contributed by atoms with Gasteiger partial charge in [0.1, 0.15) is 11.5 Å². The van der Waals surface area contributed by atoms with Crippen molar-refractivity contribution in [3.8, 4) is 0 Å². The van der Waals surface area contributed by atoms with Gasteiger partial charge in [-0.15, -0.1) is 0 Å². The van der Waals surface area contributed by atoms with Crippen molar-refractivity contribution in [1.29, 1.82) is 0 Å². The molecule has 3 heterocycles. The van der Waals surface area contributed by atoms with E-state index in [0.717, 1.165) is 48.4 Å². The van der Waals surface area contributed by atoms with Crippen molar-refractivity contribution in [3.05, 3.63) is 47.0 Å². The number of aromatic nitrogens is 4. The molecule has 2 N–H and O–H groups in total. The van der Waals surface area contributed by atoms with Crippen LogP contribution in [-0.4, -0.2) is 51.2 Å². The number of para-hydroxylation sites is 1. The molecule has 2 aromatic heterocycles. The lowest BCUT2D eigenvalue weighted by atomic mass is 9.97. The van der Waals surface area contributed by atoms with Crippen LogP contribution in [0.5, 0.6) is 0 Å². The Morgan fingerprint density at radius 2 is 2.31 bits per heavy atom. The molecule has 136 valence electrons. The molecule has 1 aromatic carbocycles. The summed E-state index contributed by atoms with van der Waals surface area (Å²) in [6, 6.07) is 6.22. The lowest BCUT2D eigenvalue weighted by Gasteiger charge is -2.31. The lowest BCUT2D eigenvalue weighted by molar-refractivity contribution is 0.0591. The first-order valence-electron chi connectivity index (χ1n) is 8.94. The van der Waals surface area contributed by atoms with Crippen molar-refractivity contribution < 1.29 is 9.53 Å². The van der Waals surface area contributed by atoms with Crippen molar-refractivity contribution in [2.75, 3.05) is 20.2 Å². The Morgan fingerprint density at radius 3 is 3.12 bits per heavy atom. The van der Waals surface area contributed by atoms with Gasteiger partial charge in [0, 0.05) is 24.6 Å². The number of benzene rings is 1. The van der Waals surface area contributed by atoms with E-state index in [9.17, 15) is 4.79 Å². The van der Waals surface area contributed by atoms with E-state index < -0.39 is 0 Å². The number of nitrogens with zero attached hydrogens (tertiary/aromatic N) is 3. The van der Waals surface area contributed by atoms with Gasteiger partial charge in [0.15, 0.2) is 0 Å². The SMILES string of the molecule is COC(=O)c1[nH]ncc1CN1CCC[C@@H](c2nc3c(C)cccc3[nH]2)C1. The molecule has 4 rings (SSSR count). The van der Waals surface area contributed by atoms with Crippen LogP contribution in [0.4, 0.5) is 0 Å². The number of H-pyrrole nitrogens is 2. The summed E-state index contributed by atoms with van der Waals surface area (Å²) in [5.74, 6) is 1.04. The molecule has 1 aliphatic heterocycles. The smallest absolute Gasteiger partial charge is 0.356 e. The number of hydrogen-bond acceptors (Lipinski definition) is 5. The van der Waals surface area contributed by atoms with Crippen molar-refractivity contribution in [1.82, 2.24) is 25.1 Å². The number of carbonyl (C=O) groups is 1. The van der Waals surface area contributed by atoms with Crippen LogP contribution in [0.15, 0.2) is 24.4 Å². The molecule has 0 bridgehead atoms. The summed E-state index contributed by atoms with van der Waals surface area (Å²) in [5.41, 5.74) is 4.66. The van der Waals surface area contributed by atoms with Gasteiger partial charge in [-0.3, -0.25) is 10.00 Å². The Balaban J connectivity index is 1.51. The number of hydrogen-bond donors (Lipinski definition) is 2. The Hall–Kier alpha value is -2.67. The topological polar surface area (TPSA) is 86.9 Å². The minimum Gasteiger partial charge on any atom is -0.464 e. The van der Waals surface area contributed by atoms with Gasteiger partial charge < -0.3 is 9.72 Å². The normalized spacial score (nSPS) is 18.3. The number of carbonyl (C=O) groups excluding carboxylic acids is 1. The number of esters is 1. The average molecular weight is 353 g/mol. The van der Waals surface area contributed by atoms with Gasteiger partial charge in [-0.25, -0.2) is 9.78 Å². The van der Waals surface area contributed by atoms with Gasteiger partial charge in [-0.1, -0.05) is 12.1 Å². The summed E-state index contributed by atoms with van der Waals surface area (Å²) in [5, 5.41) is 6.74. The molecule has 1 saturated heterocycles. The highest BCUT2D eigenvalue weighted by Crippen LogP contribution is 2.28. The molecule has 0 saturated carbocycles. The molecule has 26 heavy (non-hydrogen) atoms. The first-order valence-corrected chi connectivity index (χ1v) is 8.94. The zero-order valence-electron chi connectivity index (χ0n) is 15.1. The number of piperidine rings is 1. The first kappa shape index (κ1) is 16.8. The Labute approximate surface area is 151 Å². The maximum absolute atomic E-state index is 11.8. The summed E-state index contributed by atoms with van der Waals surface area (Å²) in [4.78, 5) is 22.5. The number of aryl methyl sites for hydroxylation is 1. The van der Waals surface area contributed by atoms with Gasteiger partial charge in [0.05, 0.1) is 24.3 Å². The zero-order valence-corrected chi connectivity index (χ0v) is 15.1. The van der Waals surface area contributed by atoms with Gasteiger partial charge >= 0.3 is 5.97 Å². The summed E-state index contributed by atoms with van der Waals surface area (Å²) in [7, 11) is 1.38. The summed E-state index contributed by atoms with van der Waals surface area (Å²) in [6.45, 7) is 4.68. The van der Waals surface area contributed by atoms with Crippen LogP contribution in [0.3, 0.4) is 0 Å². The number of aromatic amines is 2. The highest BCUT2D eigenvalue weighted by Gasteiger charge is 2.26. The van der Waals surface area contributed by atoms with Gasteiger partial charge in [0.2, 0.25) is 0 Å². The van der Waals surface area contributed by atoms with E-state index in [4.69, 9.17) is 9.72 Å². The standard InChI is InChI=1S/C19H23N5O2/c1-12-5-3-7-15-16(12)22-18(21-15)13-6-4-8-24(10-13)11-14-9-20-23-17(14)19(25)26-2/h3,5,7,9,13H,4,6,8,10-11H2,1-2H3,(H,20,23)(H,21,22)/t13-/m1/s1. The van der Waals surface area contributed by atoms with Crippen molar-refractivity contribution >= 4 is 17.0 Å². The summed E-state index contributed by atoms with van der Waals surface area (Å²) in [6.07, 6.45) is 3.93. The monoisotopic (exact) mass is 353 g/mol. The van der Waals surface area contributed by atoms with Crippen molar-refractivity contribution in [2.24, 2.45) is 0 Å². The highest BCUT2D eigenvalue weighted by atomic mass is 16.5. The number of rotatable bonds is 4. The van der Waals surface area contributed by atoms with Crippen molar-refractivity contribution in [3.63, 3.8) is 0 Å². The van der Waals surface area contributed by atoms with Crippen LogP contribution in [0.1, 0.15) is 46.2 Å². The molecule has 3 aromatic rings. The van der Waals surface area contributed by atoms with Crippen LogP contribution >= 0.6 is 0 Å². The number of fused-ring (bicyclic) bond motifs is 1. The Morgan fingerprint density at radius 1 is 1.42 bits per heavy atom. The number of methoxy groups -OCH3 is 1. The lowest BCUT2D eigenvalue weighted by Crippen LogP contribution is -2.34. The highest BCUT2D eigenvalue weighted by molar-refractivity contribution is 5.88. The van der Waals surface area contributed by atoms with Crippen LogP contribution in [0.2, 0.25) is 0 Å². The molecule has 0 amide bonds. The van der Waals surface area contributed by atoms with Gasteiger partial charge in [-0.2, -0.15) is 5.10 Å². The second-order valence-electron chi connectivity index (χ2n) is 6.93. The van der Waals surface area contributed by atoms with Crippen LogP contribution in [0, 0.1) is 6.92 Å². The van der Waals surface area contributed by atoms with Gasteiger partial charge in [0.25, 0.3) is 0 Å². The van der Waals surface area contributed by atoms with E-state index in [-0.39, 0.29) is 5.97 Å². The second-order valence-corrected chi connectivity index (χ2v) is 6.93. The van der Waals surface area contributed by atoms with E-state index in [0.29, 0.717) is 18.2 Å². The maximum atomic E-state index is 11.8. The fraction of sp³-hybridized carbons (Fsp3) is 0.421. The molecule has 1 aliphatic rings. The summed E-state index contributed by atoms with van der Waals surface area (Å²) >= 11 is 0. The fourth-order valence-corrected chi connectivity index (χ4v) is 3.76. The minimum absolute atomic E-state index is 0.365. The second kappa shape index (κ2) is 6.92. The number of imidazole rings is 1. The largest absolute Gasteiger partial charge is 0.464 e.